The fraction of sp³-hybridized carbons (Fsp3) is 0. The molecule has 0 aliphatic heterocycles. The highest BCUT2D eigenvalue weighted by atomic mass is 32.2. The number of nitrogens with one attached hydrogen (secondary N) is 2. The Balaban J connectivity index is 2.33. The number of hydrogen-bond acceptors (Lipinski definition) is 4. The van der Waals surface area contributed by atoms with Crippen LogP contribution in [-0.4, -0.2) is 18.4 Å². The third-order valence-electron chi connectivity index (χ3n) is 1.90. The van der Waals surface area contributed by atoms with Gasteiger partial charge in [-0.1, -0.05) is 6.07 Å². The number of imidazole rings is 1. The first kappa shape index (κ1) is 10.5. The van der Waals surface area contributed by atoms with Gasteiger partial charge in [0.05, 0.1) is 4.90 Å². The van der Waals surface area contributed by atoms with E-state index in [0.717, 1.165) is 0 Å². The summed E-state index contributed by atoms with van der Waals surface area (Å²) in [4.78, 5) is 6.52. The molecule has 2 aromatic rings. The predicted molar refractivity (Wildman–Crippen MR) is 60.3 cm³/mol. The summed E-state index contributed by atoms with van der Waals surface area (Å²) in [6.07, 6.45) is 2.98. The van der Waals surface area contributed by atoms with E-state index in [1.54, 1.807) is 12.1 Å². The van der Waals surface area contributed by atoms with Crippen LogP contribution in [-0.2, 0) is 10.0 Å². The summed E-state index contributed by atoms with van der Waals surface area (Å²) in [6, 6.07) is 6.03. The Hall–Kier alpha value is -2.02. The predicted octanol–water partition coefficient (Wildman–Crippen LogP) is 0.793. The van der Waals surface area contributed by atoms with Gasteiger partial charge in [0.25, 0.3) is 10.0 Å². The average molecular weight is 238 g/mol. The van der Waals surface area contributed by atoms with Gasteiger partial charge >= 0.3 is 0 Å². The van der Waals surface area contributed by atoms with E-state index in [0.29, 0.717) is 5.69 Å². The number of nitrogens with zero attached hydrogens (tertiary/aromatic N) is 1. The first-order valence-electron chi connectivity index (χ1n) is 4.46. The lowest BCUT2D eigenvalue weighted by atomic mass is 10.3. The number of rotatable bonds is 3. The van der Waals surface area contributed by atoms with E-state index in [-0.39, 0.29) is 10.8 Å². The summed E-state index contributed by atoms with van der Waals surface area (Å²) in [6.45, 7) is 0. The number of benzene rings is 1. The summed E-state index contributed by atoms with van der Waals surface area (Å²) >= 11 is 0. The van der Waals surface area contributed by atoms with Gasteiger partial charge in [0, 0.05) is 18.1 Å². The van der Waals surface area contributed by atoms with Crippen molar-refractivity contribution in [2.24, 2.45) is 0 Å². The number of anilines is 2. The Kier molecular flexibility index (Phi) is 2.53. The Morgan fingerprint density at radius 1 is 1.38 bits per heavy atom. The van der Waals surface area contributed by atoms with Gasteiger partial charge in [0.2, 0.25) is 5.95 Å². The summed E-state index contributed by atoms with van der Waals surface area (Å²) < 4.78 is 25.9. The minimum absolute atomic E-state index is 0.101. The van der Waals surface area contributed by atoms with Crippen LogP contribution in [0.4, 0.5) is 11.6 Å². The van der Waals surface area contributed by atoms with E-state index in [1.807, 2.05) is 0 Å². The zero-order chi connectivity index (χ0) is 11.6. The van der Waals surface area contributed by atoms with Crippen molar-refractivity contribution in [1.29, 1.82) is 0 Å². The third kappa shape index (κ3) is 2.14. The van der Waals surface area contributed by atoms with Crippen molar-refractivity contribution < 1.29 is 8.42 Å². The molecule has 0 atom stereocenters. The second kappa shape index (κ2) is 3.86. The van der Waals surface area contributed by atoms with Crippen LogP contribution in [0.3, 0.4) is 0 Å². The van der Waals surface area contributed by atoms with Gasteiger partial charge in [0.1, 0.15) is 0 Å². The van der Waals surface area contributed by atoms with E-state index in [4.69, 9.17) is 5.73 Å². The maximum Gasteiger partial charge on any atom is 0.264 e. The normalized spacial score (nSPS) is 11.2. The molecule has 0 bridgehead atoms. The molecule has 0 radical (unpaired) electrons. The fourth-order valence-corrected chi connectivity index (χ4v) is 2.22. The maximum atomic E-state index is 11.8. The van der Waals surface area contributed by atoms with Crippen molar-refractivity contribution in [2.45, 2.75) is 4.90 Å². The lowest BCUT2D eigenvalue weighted by molar-refractivity contribution is 0.601. The fourth-order valence-electron chi connectivity index (χ4n) is 1.19. The van der Waals surface area contributed by atoms with Crippen molar-refractivity contribution in [2.75, 3.05) is 10.5 Å². The zero-order valence-corrected chi connectivity index (χ0v) is 9.03. The van der Waals surface area contributed by atoms with E-state index < -0.39 is 10.0 Å². The van der Waals surface area contributed by atoms with Crippen LogP contribution in [0.15, 0.2) is 41.6 Å². The monoisotopic (exact) mass is 238 g/mol. The Morgan fingerprint density at radius 2 is 2.19 bits per heavy atom. The second-order valence-electron chi connectivity index (χ2n) is 3.12. The van der Waals surface area contributed by atoms with Gasteiger partial charge in [-0.25, -0.2) is 18.1 Å². The smallest absolute Gasteiger partial charge is 0.264 e. The number of hydrogen-bond donors (Lipinski definition) is 3. The summed E-state index contributed by atoms with van der Waals surface area (Å²) in [5, 5.41) is 0. The topological polar surface area (TPSA) is 101 Å². The van der Waals surface area contributed by atoms with E-state index in [2.05, 4.69) is 14.7 Å². The summed E-state index contributed by atoms with van der Waals surface area (Å²) in [5.41, 5.74) is 5.90. The summed E-state index contributed by atoms with van der Waals surface area (Å²) in [5.74, 6) is 0.169. The van der Waals surface area contributed by atoms with Crippen molar-refractivity contribution in [3.63, 3.8) is 0 Å². The Morgan fingerprint density at radius 3 is 2.81 bits per heavy atom. The lowest BCUT2D eigenvalue weighted by Gasteiger charge is -2.05. The van der Waals surface area contributed by atoms with Crippen LogP contribution in [0.1, 0.15) is 0 Å². The first-order chi connectivity index (χ1) is 7.58. The molecule has 0 unspecified atom stereocenters. The number of H-pyrrole nitrogens is 1. The van der Waals surface area contributed by atoms with E-state index in [9.17, 15) is 8.42 Å². The molecule has 16 heavy (non-hydrogen) atoms. The Bertz CT molecular complexity index is 577. The molecule has 0 saturated heterocycles. The average Bonchev–Trinajstić information content (AvgIpc) is 2.70. The molecule has 4 N–H and O–H groups in total. The van der Waals surface area contributed by atoms with Crippen LogP contribution in [0.2, 0.25) is 0 Å². The molecule has 7 heteroatoms. The highest BCUT2D eigenvalue weighted by molar-refractivity contribution is 7.92. The molecule has 1 aromatic carbocycles. The summed E-state index contributed by atoms with van der Waals surface area (Å²) in [7, 11) is -3.63. The molecule has 84 valence electrons. The van der Waals surface area contributed by atoms with Crippen LogP contribution in [0, 0.1) is 0 Å². The SMILES string of the molecule is Nc1cccc(S(=O)(=O)Nc2ncc[nH]2)c1. The number of nitrogens with two attached hydrogens (primary N) is 1. The standard InChI is InChI=1S/C9H10N4O2S/c10-7-2-1-3-8(6-7)16(14,15)13-9-11-4-5-12-9/h1-6H,10H2,(H2,11,12,13). The van der Waals surface area contributed by atoms with E-state index >= 15 is 0 Å². The largest absolute Gasteiger partial charge is 0.399 e. The van der Waals surface area contributed by atoms with Crippen molar-refractivity contribution >= 4 is 21.7 Å². The number of nitrogen functional groups attached to an aromatic ring is 1. The molecule has 0 aliphatic rings. The van der Waals surface area contributed by atoms with Crippen LogP contribution >= 0.6 is 0 Å². The van der Waals surface area contributed by atoms with Gasteiger partial charge in [-0.3, -0.25) is 0 Å². The molecule has 6 nitrogen and oxygen atoms in total. The van der Waals surface area contributed by atoms with Crippen LogP contribution in [0.25, 0.3) is 0 Å². The highest BCUT2D eigenvalue weighted by Crippen LogP contribution is 2.15. The van der Waals surface area contributed by atoms with E-state index in [1.165, 1.54) is 24.5 Å². The minimum atomic E-state index is -3.63. The number of aromatic amines is 1. The molecule has 1 aromatic heterocycles. The van der Waals surface area contributed by atoms with Gasteiger partial charge in [-0.2, -0.15) is 0 Å². The van der Waals surface area contributed by atoms with Gasteiger partial charge < -0.3 is 10.7 Å². The Labute approximate surface area is 92.6 Å². The second-order valence-corrected chi connectivity index (χ2v) is 4.80. The zero-order valence-electron chi connectivity index (χ0n) is 8.21. The third-order valence-corrected chi connectivity index (χ3v) is 3.23. The molecule has 0 fully saturated rings. The molecular formula is C9H10N4O2S. The molecular weight excluding hydrogens is 228 g/mol. The lowest BCUT2D eigenvalue weighted by Crippen LogP contribution is -2.14. The maximum absolute atomic E-state index is 11.8. The van der Waals surface area contributed by atoms with Gasteiger partial charge in [-0.05, 0) is 18.2 Å². The quantitative estimate of drug-likeness (QED) is 0.688. The molecule has 0 amide bonds. The molecule has 0 aliphatic carbocycles. The molecule has 0 saturated carbocycles. The van der Waals surface area contributed by atoms with Crippen LogP contribution in [0.5, 0.6) is 0 Å². The molecule has 1 heterocycles. The molecule has 2 rings (SSSR count). The van der Waals surface area contributed by atoms with Crippen molar-refractivity contribution in [3.05, 3.63) is 36.7 Å². The highest BCUT2D eigenvalue weighted by Gasteiger charge is 2.14. The van der Waals surface area contributed by atoms with Crippen molar-refractivity contribution in [3.8, 4) is 0 Å². The van der Waals surface area contributed by atoms with Crippen LogP contribution < -0.4 is 10.5 Å². The first-order valence-corrected chi connectivity index (χ1v) is 5.94. The minimum Gasteiger partial charge on any atom is -0.399 e. The van der Waals surface area contributed by atoms with Gasteiger partial charge in [-0.15, -0.1) is 0 Å². The van der Waals surface area contributed by atoms with Gasteiger partial charge in [0.15, 0.2) is 0 Å². The van der Waals surface area contributed by atoms with Crippen molar-refractivity contribution in [1.82, 2.24) is 9.97 Å². The number of sulfonamides is 1. The number of aromatic nitrogens is 2. The molecule has 0 spiro atoms.